The van der Waals surface area contributed by atoms with Crippen molar-refractivity contribution in [3.63, 3.8) is 0 Å². The molecular weight excluding hydrogens is 341 g/mol. The zero-order chi connectivity index (χ0) is 15.6. The van der Waals surface area contributed by atoms with Crippen molar-refractivity contribution in [3.8, 4) is 0 Å². The van der Waals surface area contributed by atoms with E-state index < -0.39 is 31.5 Å². The van der Waals surface area contributed by atoms with Gasteiger partial charge in [-0.3, -0.25) is 0 Å². The second-order valence-electron chi connectivity index (χ2n) is 3.72. The Morgan fingerprint density at radius 1 is 1.19 bits per heavy atom. The molecule has 0 aliphatic heterocycles. The molecule has 0 saturated heterocycles. The minimum absolute atomic E-state index is 0.164. The Kier molecular flexibility index (Phi) is 4.31. The number of rotatable bonds is 4. The van der Waals surface area contributed by atoms with E-state index in [4.69, 9.17) is 28.3 Å². The van der Waals surface area contributed by atoms with Gasteiger partial charge in [0.05, 0.1) is 15.6 Å². The van der Waals surface area contributed by atoms with Gasteiger partial charge < -0.3 is 5.11 Å². The SMILES string of the molecule is O=C(O)c1c(Cl)ccc(S(=O)(=O)Nc2ncccn2)c1Cl. The molecule has 0 fully saturated rings. The van der Waals surface area contributed by atoms with Gasteiger partial charge in [0, 0.05) is 12.4 Å². The predicted octanol–water partition coefficient (Wildman–Crippen LogP) is 2.28. The molecule has 1 aromatic carbocycles. The first kappa shape index (κ1) is 15.5. The number of halogens is 2. The topological polar surface area (TPSA) is 109 Å². The zero-order valence-electron chi connectivity index (χ0n) is 10.1. The number of aromatic nitrogens is 2. The third kappa shape index (κ3) is 3.23. The fourth-order valence-corrected chi connectivity index (χ4v) is 3.34. The first-order valence-corrected chi connectivity index (χ1v) is 7.58. The Balaban J connectivity index is 2.51. The van der Waals surface area contributed by atoms with Crippen molar-refractivity contribution in [3.05, 3.63) is 46.2 Å². The van der Waals surface area contributed by atoms with Crippen molar-refractivity contribution in [2.24, 2.45) is 0 Å². The van der Waals surface area contributed by atoms with Gasteiger partial charge in [-0.05, 0) is 18.2 Å². The summed E-state index contributed by atoms with van der Waals surface area (Å²) < 4.78 is 26.5. The van der Waals surface area contributed by atoms with Gasteiger partial charge in [-0.15, -0.1) is 0 Å². The lowest BCUT2D eigenvalue weighted by molar-refractivity contribution is 0.0697. The number of carbonyl (C=O) groups is 1. The Bertz CT molecular complexity index is 797. The number of nitrogens with zero attached hydrogens (tertiary/aromatic N) is 2. The molecule has 0 saturated carbocycles. The number of nitrogens with one attached hydrogen (secondary N) is 1. The number of hydrogen-bond acceptors (Lipinski definition) is 5. The van der Waals surface area contributed by atoms with Crippen molar-refractivity contribution in [2.75, 3.05) is 4.72 Å². The van der Waals surface area contributed by atoms with Crippen LogP contribution in [0.25, 0.3) is 0 Å². The maximum absolute atomic E-state index is 12.2. The number of carboxylic acid groups (broad SMARTS) is 1. The van der Waals surface area contributed by atoms with Gasteiger partial charge in [0.2, 0.25) is 5.95 Å². The summed E-state index contributed by atoms with van der Waals surface area (Å²) in [6.07, 6.45) is 2.69. The van der Waals surface area contributed by atoms with Gasteiger partial charge >= 0.3 is 5.97 Å². The fourth-order valence-electron chi connectivity index (χ4n) is 1.46. The second kappa shape index (κ2) is 5.84. The first-order valence-electron chi connectivity index (χ1n) is 5.34. The monoisotopic (exact) mass is 347 g/mol. The number of anilines is 1. The number of sulfonamides is 1. The number of carboxylic acids is 1. The van der Waals surface area contributed by atoms with Gasteiger partial charge in [-0.25, -0.2) is 27.9 Å². The summed E-state index contributed by atoms with van der Waals surface area (Å²) in [6, 6.07) is 3.75. The molecular formula is C11H7Cl2N3O4S. The highest BCUT2D eigenvalue weighted by Gasteiger charge is 2.25. The Labute approximate surface area is 129 Å². The van der Waals surface area contributed by atoms with E-state index >= 15 is 0 Å². The highest BCUT2D eigenvalue weighted by molar-refractivity contribution is 7.92. The molecule has 7 nitrogen and oxygen atoms in total. The van der Waals surface area contributed by atoms with Gasteiger partial charge in [-0.2, -0.15) is 0 Å². The molecule has 2 aromatic rings. The van der Waals surface area contributed by atoms with Gasteiger partial charge in [0.15, 0.2) is 0 Å². The van der Waals surface area contributed by atoms with Crippen molar-refractivity contribution >= 4 is 45.1 Å². The zero-order valence-corrected chi connectivity index (χ0v) is 12.4. The highest BCUT2D eigenvalue weighted by Crippen LogP contribution is 2.31. The molecule has 110 valence electrons. The van der Waals surface area contributed by atoms with Gasteiger partial charge in [-0.1, -0.05) is 23.2 Å². The van der Waals surface area contributed by atoms with Crippen LogP contribution in [0.5, 0.6) is 0 Å². The van der Waals surface area contributed by atoms with E-state index in [2.05, 4.69) is 14.7 Å². The van der Waals surface area contributed by atoms with Crippen molar-refractivity contribution in [2.45, 2.75) is 4.90 Å². The minimum Gasteiger partial charge on any atom is -0.478 e. The number of benzene rings is 1. The summed E-state index contributed by atoms with van der Waals surface area (Å²) in [5.74, 6) is -1.60. The summed E-state index contributed by atoms with van der Waals surface area (Å²) in [5, 5.41) is 8.37. The molecule has 0 aliphatic carbocycles. The van der Waals surface area contributed by atoms with E-state index in [1.54, 1.807) is 0 Å². The average Bonchev–Trinajstić information content (AvgIpc) is 2.38. The molecule has 0 unspecified atom stereocenters. The molecule has 2 N–H and O–H groups in total. The van der Waals surface area contributed by atoms with Crippen molar-refractivity contribution < 1.29 is 18.3 Å². The van der Waals surface area contributed by atoms with E-state index in [1.165, 1.54) is 18.5 Å². The largest absolute Gasteiger partial charge is 0.478 e. The molecule has 0 atom stereocenters. The van der Waals surface area contributed by atoms with E-state index in [-0.39, 0.29) is 11.0 Å². The molecule has 0 radical (unpaired) electrons. The molecule has 1 heterocycles. The average molecular weight is 348 g/mol. The molecule has 21 heavy (non-hydrogen) atoms. The van der Waals surface area contributed by atoms with Crippen molar-refractivity contribution in [1.29, 1.82) is 0 Å². The second-order valence-corrected chi connectivity index (χ2v) is 6.15. The maximum atomic E-state index is 12.2. The normalized spacial score (nSPS) is 11.1. The standard InChI is InChI=1S/C11H7Cl2N3O4S/c12-6-2-3-7(9(13)8(6)10(17)18)21(19,20)16-11-14-4-1-5-15-11/h1-5H,(H,17,18)(H,14,15,16). The van der Waals surface area contributed by atoms with Crippen LogP contribution in [0.2, 0.25) is 10.0 Å². The van der Waals surface area contributed by atoms with E-state index in [1.807, 2.05) is 0 Å². The van der Waals surface area contributed by atoms with Crippen LogP contribution in [-0.2, 0) is 10.0 Å². The summed E-state index contributed by atoms with van der Waals surface area (Å²) in [7, 11) is -4.15. The van der Waals surface area contributed by atoms with Crippen LogP contribution in [0.15, 0.2) is 35.5 Å². The van der Waals surface area contributed by atoms with E-state index in [0.29, 0.717) is 0 Å². The van der Waals surface area contributed by atoms with Crippen LogP contribution >= 0.6 is 23.2 Å². The Hall–Kier alpha value is -1.90. The lowest BCUT2D eigenvalue weighted by atomic mass is 10.2. The summed E-state index contributed by atoms with van der Waals surface area (Å²) in [6.45, 7) is 0. The lowest BCUT2D eigenvalue weighted by Gasteiger charge is -2.10. The first-order chi connectivity index (χ1) is 9.83. The minimum atomic E-state index is -4.15. The smallest absolute Gasteiger partial charge is 0.338 e. The van der Waals surface area contributed by atoms with Crippen LogP contribution in [-0.4, -0.2) is 29.5 Å². The van der Waals surface area contributed by atoms with Gasteiger partial charge in [0.1, 0.15) is 4.90 Å². The third-order valence-corrected chi connectivity index (χ3v) is 4.54. The van der Waals surface area contributed by atoms with E-state index in [9.17, 15) is 13.2 Å². The number of aromatic carboxylic acids is 1. The van der Waals surface area contributed by atoms with Crippen molar-refractivity contribution in [1.82, 2.24) is 9.97 Å². The molecule has 0 amide bonds. The summed E-state index contributed by atoms with van der Waals surface area (Å²) >= 11 is 11.5. The van der Waals surface area contributed by atoms with Crippen LogP contribution in [0.3, 0.4) is 0 Å². The van der Waals surface area contributed by atoms with Crippen LogP contribution in [0.1, 0.15) is 10.4 Å². The molecule has 1 aromatic heterocycles. The maximum Gasteiger partial charge on any atom is 0.338 e. The molecule has 0 aliphatic rings. The van der Waals surface area contributed by atoms with Crippen LogP contribution in [0.4, 0.5) is 5.95 Å². The predicted molar refractivity (Wildman–Crippen MR) is 76.3 cm³/mol. The lowest BCUT2D eigenvalue weighted by Crippen LogP contribution is -2.16. The Morgan fingerprint density at radius 2 is 1.81 bits per heavy atom. The summed E-state index contributed by atoms with van der Waals surface area (Å²) in [5.41, 5.74) is -0.491. The fraction of sp³-hybridized carbons (Fsp3) is 0. The Morgan fingerprint density at radius 3 is 2.38 bits per heavy atom. The third-order valence-electron chi connectivity index (χ3n) is 2.35. The summed E-state index contributed by atoms with van der Waals surface area (Å²) in [4.78, 5) is 18.1. The van der Waals surface area contributed by atoms with Gasteiger partial charge in [0.25, 0.3) is 10.0 Å². The quantitative estimate of drug-likeness (QED) is 0.877. The van der Waals surface area contributed by atoms with E-state index in [0.717, 1.165) is 12.1 Å². The van der Waals surface area contributed by atoms with Crippen LogP contribution in [0, 0.1) is 0 Å². The molecule has 0 spiro atoms. The highest BCUT2D eigenvalue weighted by atomic mass is 35.5. The molecule has 10 heteroatoms. The number of hydrogen-bond donors (Lipinski definition) is 2. The van der Waals surface area contributed by atoms with Crippen LogP contribution < -0.4 is 4.72 Å². The molecule has 0 bridgehead atoms. The molecule has 2 rings (SSSR count).